The quantitative estimate of drug-likeness (QED) is 0.635. The summed E-state index contributed by atoms with van der Waals surface area (Å²) < 4.78 is 33.9. The van der Waals surface area contributed by atoms with E-state index >= 15 is 0 Å². The van der Waals surface area contributed by atoms with Gasteiger partial charge in [0.2, 0.25) is 5.88 Å². The molecule has 0 saturated carbocycles. The summed E-state index contributed by atoms with van der Waals surface area (Å²) in [4.78, 5) is 24.9. The Morgan fingerprint density at radius 1 is 1.09 bits per heavy atom. The molecule has 4 rings (SSSR count). The van der Waals surface area contributed by atoms with Gasteiger partial charge in [0.15, 0.2) is 0 Å². The average Bonchev–Trinajstić information content (AvgIpc) is 2.80. The van der Waals surface area contributed by atoms with Crippen molar-refractivity contribution in [1.29, 1.82) is 0 Å². The van der Waals surface area contributed by atoms with Crippen LogP contribution in [0.15, 0.2) is 55.0 Å². The number of anilines is 2. The number of halogens is 2. The van der Waals surface area contributed by atoms with Crippen LogP contribution >= 0.6 is 0 Å². The Bertz CT molecular complexity index is 1090. The lowest BCUT2D eigenvalue weighted by Crippen LogP contribution is -2.44. The largest absolute Gasteiger partial charge is 0.472 e. The van der Waals surface area contributed by atoms with Crippen molar-refractivity contribution in [3.8, 4) is 5.88 Å². The molecule has 9 heteroatoms. The summed E-state index contributed by atoms with van der Waals surface area (Å²) in [6.45, 7) is 3.17. The third-order valence-corrected chi connectivity index (χ3v) is 5.23. The zero-order valence-electron chi connectivity index (χ0n) is 17.6. The monoisotopic (exact) mass is 439 g/mol. The number of ether oxygens (including phenoxy) is 1. The Labute approximate surface area is 184 Å². The van der Waals surface area contributed by atoms with Gasteiger partial charge in [-0.1, -0.05) is 0 Å². The SMILES string of the molecule is CN1CCN(c2cc(F)cc(C(=O)Nc3ccc(F)c(COc4cnccn4)c3)c2)CC1. The lowest BCUT2D eigenvalue weighted by atomic mass is 10.1. The molecule has 0 unspecified atom stereocenters. The second-order valence-electron chi connectivity index (χ2n) is 7.58. The molecule has 0 aliphatic carbocycles. The van der Waals surface area contributed by atoms with E-state index in [1.165, 1.54) is 48.9 Å². The van der Waals surface area contributed by atoms with Crippen LogP contribution in [0.3, 0.4) is 0 Å². The van der Waals surface area contributed by atoms with Crippen LogP contribution in [0.5, 0.6) is 5.88 Å². The van der Waals surface area contributed by atoms with Gasteiger partial charge >= 0.3 is 0 Å². The number of hydrogen-bond donors (Lipinski definition) is 1. The lowest BCUT2D eigenvalue weighted by Gasteiger charge is -2.34. The molecule has 0 radical (unpaired) electrons. The minimum Gasteiger partial charge on any atom is -0.472 e. The number of nitrogens with one attached hydrogen (secondary N) is 1. The van der Waals surface area contributed by atoms with E-state index in [1.54, 1.807) is 6.07 Å². The van der Waals surface area contributed by atoms with Crippen molar-refractivity contribution in [1.82, 2.24) is 14.9 Å². The Balaban J connectivity index is 1.46. The van der Waals surface area contributed by atoms with Gasteiger partial charge in [0.1, 0.15) is 18.2 Å². The summed E-state index contributed by atoms with van der Waals surface area (Å²) in [7, 11) is 2.04. The Morgan fingerprint density at radius 2 is 1.91 bits per heavy atom. The number of carbonyl (C=O) groups excluding carboxylic acids is 1. The van der Waals surface area contributed by atoms with Crippen molar-refractivity contribution in [2.24, 2.45) is 0 Å². The van der Waals surface area contributed by atoms with Crippen LogP contribution < -0.4 is 15.0 Å². The number of carbonyl (C=O) groups is 1. The molecule has 7 nitrogen and oxygen atoms in total. The maximum absolute atomic E-state index is 14.2. The highest BCUT2D eigenvalue weighted by Crippen LogP contribution is 2.22. The van der Waals surface area contributed by atoms with Crippen molar-refractivity contribution >= 4 is 17.3 Å². The smallest absolute Gasteiger partial charge is 0.255 e. The molecule has 1 aliphatic heterocycles. The van der Waals surface area contributed by atoms with Crippen LogP contribution in [0.25, 0.3) is 0 Å². The molecular formula is C23H23F2N5O2. The number of hydrogen-bond acceptors (Lipinski definition) is 6. The zero-order chi connectivity index (χ0) is 22.5. The van der Waals surface area contributed by atoms with E-state index in [-0.39, 0.29) is 23.6 Å². The summed E-state index contributed by atoms with van der Waals surface area (Å²) in [5.41, 5.74) is 1.48. The predicted molar refractivity (Wildman–Crippen MR) is 117 cm³/mol. The van der Waals surface area contributed by atoms with Crippen molar-refractivity contribution in [3.63, 3.8) is 0 Å². The number of nitrogens with zero attached hydrogens (tertiary/aromatic N) is 4. The molecule has 32 heavy (non-hydrogen) atoms. The first-order valence-electron chi connectivity index (χ1n) is 10.2. The average molecular weight is 439 g/mol. The Hall–Kier alpha value is -3.59. The second kappa shape index (κ2) is 9.69. The van der Waals surface area contributed by atoms with Crippen molar-refractivity contribution in [2.75, 3.05) is 43.4 Å². The first-order valence-corrected chi connectivity index (χ1v) is 10.2. The molecule has 1 aromatic heterocycles. The molecule has 0 spiro atoms. The van der Waals surface area contributed by atoms with Crippen molar-refractivity contribution < 1.29 is 18.3 Å². The van der Waals surface area contributed by atoms with E-state index < -0.39 is 17.5 Å². The van der Waals surface area contributed by atoms with Gasteiger partial charge in [0, 0.05) is 61.1 Å². The van der Waals surface area contributed by atoms with E-state index in [9.17, 15) is 13.6 Å². The molecule has 0 atom stereocenters. The van der Waals surface area contributed by atoms with Crippen LogP contribution in [0.4, 0.5) is 20.2 Å². The fraction of sp³-hybridized carbons (Fsp3) is 0.261. The third kappa shape index (κ3) is 5.36. The standard InChI is InChI=1S/C23H23F2N5O2/c1-29-6-8-30(9-7-29)20-12-16(10-18(24)13-20)23(31)28-19-2-3-21(25)17(11-19)15-32-22-14-26-4-5-27-22/h2-5,10-14H,6-9,15H2,1H3,(H,28,31). The maximum atomic E-state index is 14.2. The van der Waals surface area contributed by atoms with E-state index in [0.717, 1.165) is 26.2 Å². The first-order chi connectivity index (χ1) is 15.5. The van der Waals surface area contributed by atoms with Gasteiger partial charge in [-0.3, -0.25) is 9.78 Å². The Morgan fingerprint density at radius 3 is 2.66 bits per heavy atom. The lowest BCUT2D eigenvalue weighted by molar-refractivity contribution is 0.102. The molecule has 2 heterocycles. The van der Waals surface area contributed by atoms with Crippen molar-refractivity contribution in [3.05, 3.63) is 77.8 Å². The molecule has 1 saturated heterocycles. The van der Waals surface area contributed by atoms with Gasteiger partial charge in [-0.25, -0.2) is 13.8 Å². The number of aromatic nitrogens is 2. The van der Waals surface area contributed by atoms with Crippen LogP contribution in [0.2, 0.25) is 0 Å². The molecule has 1 N–H and O–H groups in total. The van der Waals surface area contributed by atoms with E-state index in [0.29, 0.717) is 11.4 Å². The van der Waals surface area contributed by atoms with Gasteiger partial charge in [-0.05, 0) is 43.4 Å². The highest BCUT2D eigenvalue weighted by Gasteiger charge is 2.18. The minimum atomic E-state index is -0.483. The van der Waals surface area contributed by atoms with Gasteiger partial charge in [-0.2, -0.15) is 0 Å². The van der Waals surface area contributed by atoms with Crippen LogP contribution in [0, 0.1) is 11.6 Å². The fourth-order valence-corrected chi connectivity index (χ4v) is 3.43. The second-order valence-corrected chi connectivity index (χ2v) is 7.58. The van der Waals surface area contributed by atoms with Crippen LogP contribution in [-0.4, -0.2) is 54.0 Å². The van der Waals surface area contributed by atoms with Gasteiger partial charge in [-0.15, -0.1) is 0 Å². The van der Waals surface area contributed by atoms with E-state index in [4.69, 9.17) is 4.74 Å². The third-order valence-electron chi connectivity index (χ3n) is 5.23. The number of rotatable bonds is 6. The topological polar surface area (TPSA) is 70.6 Å². The number of amides is 1. The summed E-state index contributed by atoms with van der Waals surface area (Å²) in [6, 6.07) is 8.46. The fourth-order valence-electron chi connectivity index (χ4n) is 3.43. The molecule has 2 aromatic carbocycles. The zero-order valence-corrected chi connectivity index (χ0v) is 17.6. The highest BCUT2D eigenvalue weighted by molar-refractivity contribution is 6.04. The predicted octanol–water partition coefficient (Wildman–Crippen LogP) is 3.34. The number of benzene rings is 2. The highest BCUT2D eigenvalue weighted by atomic mass is 19.1. The molecule has 1 aliphatic rings. The van der Waals surface area contributed by atoms with E-state index in [2.05, 4.69) is 25.1 Å². The summed E-state index contributed by atoms with van der Waals surface area (Å²) in [5.74, 6) is -1.18. The van der Waals surface area contributed by atoms with Gasteiger partial charge < -0.3 is 19.9 Å². The summed E-state index contributed by atoms with van der Waals surface area (Å²) >= 11 is 0. The van der Waals surface area contributed by atoms with E-state index in [1.807, 2.05) is 7.05 Å². The molecular weight excluding hydrogens is 416 g/mol. The van der Waals surface area contributed by atoms with Crippen LogP contribution in [0.1, 0.15) is 15.9 Å². The summed E-state index contributed by atoms with van der Waals surface area (Å²) in [5, 5.41) is 2.71. The normalized spacial score (nSPS) is 14.3. The number of likely N-dealkylation sites (N-methyl/N-ethyl adjacent to an activating group) is 1. The molecule has 1 fully saturated rings. The molecule has 3 aromatic rings. The van der Waals surface area contributed by atoms with Crippen LogP contribution in [-0.2, 0) is 6.61 Å². The maximum Gasteiger partial charge on any atom is 0.255 e. The van der Waals surface area contributed by atoms with Gasteiger partial charge in [0.05, 0.1) is 6.20 Å². The minimum absolute atomic E-state index is 0.0816. The Kier molecular flexibility index (Phi) is 6.55. The number of piperazine rings is 1. The van der Waals surface area contributed by atoms with Crippen molar-refractivity contribution in [2.45, 2.75) is 6.61 Å². The summed E-state index contributed by atoms with van der Waals surface area (Å²) in [6.07, 6.45) is 4.40. The first kappa shape index (κ1) is 21.6. The molecule has 166 valence electrons. The molecule has 0 bridgehead atoms. The van der Waals surface area contributed by atoms with Gasteiger partial charge in [0.25, 0.3) is 5.91 Å². The molecule has 1 amide bonds.